The summed E-state index contributed by atoms with van der Waals surface area (Å²) in [6.45, 7) is 2.54. The molecule has 0 fully saturated rings. The van der Waals surface area contributed by atoms with Crippen molar-refractivity contribution in [2.75, 3.05) is 11.9 Å². The van der Waals surface area contributed by atoms with Crippen LogP contribution in [0.1, 0.15) is 17.3 Å². The fourth-order valence-electron chi connectivity index (χ4n) is 1.32. The summed E-state index contributed by atoms with van der Waals surface area (Å²) in [6, 6.07) is 7.02. The lowest BCUT2D eigenvalue weighted by molar-refractivity contribution is 0.102. The van der Waals surface area contributed by atoms with Gasteiger partial charge in [-0.3, -0.25) is 10.1 Å². The summed E-state index contributed by atoms with van der Waals surface area (Å²) in [7, 11) is 0. The third-order valence-electron chi connectivity index (χ3n) is 2.08. The molecule has 2 aromatic rings. The Bertz CT molecular complexity index is 480. The van der Waals surface area contributed by atoms with Crippen molar-refractivity contribution < 1.29 is 9.53 Å². The minimum Gasteiger partial charge on any atom is -0.494 e. The van der Waals surface area contributed by atoms with Gasteiger partial charge in [0.15, 0.2) is 5.13 Å². The van der Waals surface area contributed by atoms with Gasteiger partial charge in [-0.15, -0.1) is 11.3 Å². The van der Waals surface area contributed by atoms with E-state index >= 15 is 0 Å². The van der Waals surface area contributed by atoms with Crippen LogP contribution < -0.4 is 10.1 Å². The number of nitrogens with one attached hydrogen (secondary N) is 1. The van der Waals surface area contributed by atoms with Gasteiger partial charge in [0.05, 0.1) is 6.61 Å². The lowest BCUT2D eigenvalue weighted by atomic mass is 10.2. The third-order valence-corrected chi connectivity index (χ3v) is 2.77. The number of ether oxygens (including phenoxy) is 1. The summed E-state index contributed by atoms with van der Waals surface area (Å²) in [5, 5.41) is 5.13. The van der Waals surface area contributed by atoms with E-state index in [9.17, 15) is 4.79 Å². The molecular weight excluding hydrogens is 236 g/mol. The quantitative estimate of drug-likeness (QED) is 0.905. The average molecular weight is 248 g/mol. The SMILES string of the molecule is CCOc1ccc(C(=O)Nc2nccs2)cc1. The molecule has 5 heteroatoms. The molecule has 0 spiro atoms. The fraction of sp³-hybridized carbons (Fsp3) is 0.167. The Morgan fingerprint density at radius 1 is 1.41 bits per heavy atom. The van der Waals surface area contributed by atoms with Crippen LogP contribution in [0.25, 0.3) is 0 Å². The second-order valence-electron chi connectivity index (χ2n) is 3.25. The molecule has 1 heterocycles. The number of rotatable bonds is 4. The van der Waals surface area contributed by atoms with E-state index in [1.807, 2.05) is 12.3 Å². The summed E-state index contributed by atoms with van der Waals surface area (Å²) in [6.07, 6.45) is 1.65. The van der Waals surface area contributed by atoms with Gasteiger partial charge in [-0.2, -0.15) is 0 Å². The minimum absolute atomic E-state index is 0.164. The highest BCUT2D eigenvalue weighted by Crippen LogP contribution is 2.15. The molecule has 4 nitrogen and oxygen atoms in total. The number of carbonyl (C=O) groups is 1. The number of nitrogens with zero attached hydrogens (tertiary/aromatic N) is 1. The molecule has 1 N–H and O–H groups in total. The zero-order valence-electron chi connectivity index (χ0n) is 9.34. The van der Waals surface area contributed by atoms with E-state index in [1.165, 1.54) is 11.3 Å². The predicted molar refractivity (Wildman–Crippen MR) is 67.7 cm³/mol. The van der Waals surface area contributed by atoms with E-state index in [-0.39, 0.29) is 5.91 Å². The van der Waals surface area contributed by atoms with Gasteiger partial charge in [0.1, 0.15) is 5.75 Å². The highest BCUT2D eigenvalue weighted by molar-refractivity contribution is 7.13. The number of carbonyl (C=O) groups excluding carboxylic acids is 1. The van der Waals surface area contributed by atoms with Gasteiger partial charge >= 0.3 is 0 Å². The molecule has 0 aliphatic carbocycles. The van der Waals surface area contributed by atoms with Crippen LogP contribution in [0.4, 0.5) is 5.13 Å². The molecule has 17 heavy (non-hydrogen) atoms. The molecule has 0 unspecified atom stereocenters. The van der Waals surface area contributed by atoms with E-state index in [1.54, 1.807) is 30.5 Å². The Morgan fingerprint density at radius 2 is 2.18 bits per heavy atom. The standard InChI is InChI=1S/C12H12N2O2S/c1-2-16-10-5-3-9(4-6-10)11(15)14-12-13-7-8-17-12/h3-8H,2H2,1H3,(H,13,14,15). The fourth-order valence-corrected chi connectivity index (χ4v) is 1.85. The number of aromatic nitrogens is 1. The van der Waals surface area contributed by atoms with Crippen molar-refractivity contribution in [3.05, 3.63) is 41.4 Å². The lowest BCUT2D eigenvalue weighted by Crippen LogP contribution is -2.11. The molecular formula is C12H12N2O2S. The van der Waals surface area contributed by atoms with Gasteiger partial charge in [0, 0.05) is 17.1 Å². The van der Waals surface area contributed by atoms with E-state index < -0.39 is 0 Å². The van der Waals surface area contributed by atoms with E-state index in [0.717, 1.165) is 5.75 Å². The summed E-state index contributed by atoms with van der Waals surface area (Å²) < 4.78 is 5.30. The van der Waals surface area contributed by atoms with Crippen molar-refractivity contribution in [2.24, 2.45) is 0 Å². The monoisotopic (exact) mass is 248 g/mol. The largest absolute Gasteiger partial charge is 0.494 e. The molecule has 0 aliphatic heterocycles. The smallest absolute Gasteiger partial charge is 0.257 e. The van der Waals surface area contributed by atoms with Gasteiger partial charge in [-0.1, -0.05) is 0 Å². The van der Waals surface area contributed by atoms with Crippen molar-refractivity contribution in [3.63, 3.8) is 0 Å². The van der Waals surface area contributed by atoms with Crippen LogP contribution in [0.2, 0.25) is 0 Å². The Kier molecular flexibility index (Phi) is 3.72. The third kappa shape index (κ3) is 3.04. The maximum atomic E-state index is 11.8. The van der Waals surface area contributed by atoms with Crippen LogP contribution >= 0.6 is 11.3 Å². The van der Waals surface area contributed by atoms with Gasteiger partial charge in [-0.05, 0) is 31.2 Å². The predicted octanol–water partition coefficient (Wildman–Crippen LogP) is 2.79. The number of hydrogen-bond donors (Lipinski definition) is 1. The molecule has 0 saturated heterocycles. The lowest BCUT2D eigenvalue weighted by Gasteiger charge is -2.04. The maximum Gasteiger partial charge on any atom is 0.257 e. The zero-order chi connectivity index (χ0) is 12.1. The topological polar surface area (TPSA) is 51.2 Å². The number of thiazole rings is 1. The first-order valence-corrected chi connectivity index (χ1v) is 6.11. The number of anilines is 1. The molecule has 88 valence electrons. The van der Waals surface area contributed by atoms with Crippen LogP contribution in [0.3, 0.4) is 0 Å². The molecule has 0 aliphatic rings. The maximum absolute atomic E-state index is 11.8. The first kappa shape index (κ1) is 11.6. The molecule has 0 radical (unpaired) electrons. The molecule has 0 saturated carbocycles. The van der Waals surface area contributed by atoms with Crippen molar-refractivity contribution in [2.45, 2.75) is 6.92 Å². The number of amides is 1. The van der Waals surface area contributed by atoms with Crippen LogP contribution in [0.15, 0.2) is 35.8 Å². The normalized spacial score (nSPS) is 9.94. The first-order valence-electron chi connectivity index (χ1n) is 5.23. The van der Waals surface area contributed by atoms with Gasteiger partial charge < -0.3 is 4.74 Å². The molecule has 1 aromatic heterocycles. The average Bonchev–Trinajstić information content (AvgIpc) is 2.83. The Labute approximate surface area is 103 Å². The van der Waals surface area contributed by atoms with Crippen molar-refractivity contribution in [1.82, 2.24) is 4.98 Å². The van der Waals surface area contributed by atoms with Crippen LogP contribution in [-0.4, -0.2) is 17.5 Å². The van der Waals surface area contributed by atoms with E-state index in [4.69, 9.17) is 4.74 Å². The van der Waals surface area contributed by atoms with Crippen LogP contribution in [0, 0.1) is 0 Å². The summed E-state index contributed by atoms with van der Waals surface area (Å²) in [4.78, 5) is 15.8. The van der Waals surface area contributed by atoms with Crippen molar-refractivity contribution >= 4 is 22.4 Å². The van der Waals surface area contributed by atoms with Gasteiger partial charge in [-0.25, -0.2) is 4.98 Å². The highest BCUT2D eigenvalue weighted by Gasteiger charge is 2.07. The first-order chi connectivity index (χ1) is 8.29. The Hall–Kier alpha value is -1.88. The Morgan fingerprint density at radius 3 is 2.76 bits per heavy atom. The number of hydrogen-bond acceptors (Lipinski definition) is 4. The molecule has 0 atom stereocenters. The van der Waals surface area contributed by atoms with E-state index in [2.05, 4.69) is 10.3 Å². The van der Waals surface area contributed by atoms with Crippen molar-refractivity contribution in [3.8, 4) is 5.75 Å². The molecule has 1 amide bonds. The molecule has 0 bridgehead atoms. The Balaban J connectivity index is 2.04. The summed E-state index contributed by atoms with van der Waals surface area (Å²) in [5.74, 6) is 0.598. The summed E-state index contributed by atoms with van der Waals surface area (Å²) in [5.41, 5.74) is 0.587. The van der Waals surface area contributed by atoms with Crippen LogP contribution in [-0.2, 0) is 0 Å². The highest BCUT2D eigenvalue weighted by atomic mass is 32.1. The van der Waals surface area contributed by atoms with E-state index in [0.29, 0.717) is 17.3 Å². The molecule has 1 aromatic carbocycles. The second kappa shape index (κ2) is 5.45. The van der Waals surface area contributed by atoms with Gasteiger partial charge in [0.25, 0.3) is 5.91 Å². The second-order valence-corrected chi connectivity index (χ2v) is 4.14. The van der Waals surface area contributed by atoms with Crippen LogP contribution in [0.5, 0.6) is 5.75 Å². The minimum atomic E-state index is -0.164. The zero-order valence-corrected chi connectivity index (χ0v) is 10.2. The van der Waals surface area contributed by atoms with Crippen molar-refractivity contribution in [1.29, 1.82) is 0 Å². The molecule has 2 rings (SSSR count). The number of benzene rings is 1. The summed E-state index contributed by atoms with van der Waals surface area (Å²) >= 11 is 1.39. The van der Waals surface area contributed by atoms with Gasteiger partial charge in [0.2, 0.25) is 0 Å².